The fourth-order valence-corrected chi connectivity index (χ4v) is 4.26. The van der Waals surface area contributed by atoms with E-state index in [1.807, 2.05) is 31.2 Å². The van der Waals surface area contributed by atoms with Crippen LogP contribution in [0.5, 0.6) is 0 Å². The van der Waals surface area contributed by atoms with Crippen LogP contribution in [0.3, 0.4) is 0 Å². The van der Waals surface area contributed by atoms with Gasteiger partial charge >= 0.3 is 0 Å². The Bertz CT molecular complexity index is 763. The van der Waals surface area contributed by atoms with Gasteiger partial charge in [-0.1, -0.05) is 42.8 Å². The highest BCUT2D eigenvalue weighted by Gasteiger charge is 2.18. The van der Waals surface area contributed by atoms with E-state index in [1.165, 1.54) is 5.56 Å². The maximum Gasteiger partial charge on any atom is 0.233 e. The number of halogens is 1. The van der Waals surface area contributed by atoms with Gasteiger partial charge in [0.15, 0.2) is 0 Å². The lowest BCUT2D eigenvalue weighted by atomic mass is 10.1. The molecule has 4 nitrogen and oxygen atoms in total. The molecule has 28 heavy (non-hydrogen) atoms. The largest absolute Gasteiger partial charge is 0.379 e. The van der Waals surface area contributed by atoms with Gasteiger partial charge in [0.25, 0.3) is 0 Å². The molecule has 1 aliphatic rings. The number of carbonyl (C=O) groups is 1. The number of ether oxygens (including phenoxy) is 1. The second kappa shape index (κ2) is 10.9. The molecule has 0 aromatic heterocycles. The summed E-state index contributed by atoms with van der Waals surface area (Å²) < 4.78 is 5.41. The zero-order valence-electron chi connectivity index (χ0n) is 16.2. The number of thioether (sulfide) groups is 1. The van der Waals surface area contributed by atoms with Gasteiger partial charge in [-0.15, -0.1) is 11.8 Å². The van der Waals surface area contributed by atoms with Crippen LogP contribution in [0.2, 0.25) is 5.02 Å². The lowest BCUT2D eigenvalue weighted by molar-refractivity contribution is -0.120. The second-order valence-corrected chi connectivity index (χ2v) is 8.61. The van der Waals surface area contributed by atoms with Crippen molar-refractivity contribution in [1.29, 1.82) is 0 Å². The van der Waals surface area contributed by atoms with Crippen molar-refractivity contribution in [3.63, 3.8) is 0 Å². The Morgan fingerprint density at radius 2 is 1.89 bits per heavy atom. The Kier molecular flexibility index (Phi) is 8.22. The van der Waals surface area contributed by atoms with Gasteiger partial charge < -0.3 is 10.1 Å². The summed E-state index contributed by atoms with van der Waals surface area (Å²) in [7, 11) is 0. The number of nitrogens with zero attached hydrogens (tertiary/aromatic N) is 1. The number of amides is 1. The number of hydrogen-bond acceptors (Lipinski definition) is 4. The summed E-state index contributed by atoms with van der Waals surface area (Å²) in [4.78, 5) is 16.1. The molecule has 2 aromatic carbocycles. The zero-order valence-corrected chi connectivity index (χ0v) is 17.8. The van der Waals surface area contributed by atoms with Gasteiger partial charge in [0.05, 0.1) is 18.5 Å². The maximum absolute atomic E-state index is 12.6. The smallest absolute Gasteiger partial charge is 0.233 e. The molecule has 1 fully saturated rings. The van der Waals surface area contributed by atoms with Crippen LogP contribution in [0.25, 0.3) is 0 Å². The Morgan fingerprint density at radius 1 is 1.18 bits per heavy atom. The Morgan fingerprint density at radius 3 is 2.61 bits per heavy atom. The Balaban J connectivity index is 1.52. The van der Waals surface area contributed by atoms with Crippen LogP contribution >= 0.6 is 23.4 Å². The summed E-state index contributed by atoms with van der Waals surface area (Å²) >= 11 is 7.52. The van der Waals surface area contributed by atoms with Crippen molar-refractivity contribution in [2.24, 2.45) is 0 Å². The minimum Gasteiger partial charge on any atom is -0.379 e. The van der Waals surface area contributed by atoms with Crippen molar-refractivity contribution in [1.82, 2.24) is 10.2 Å². The van der Waals surface area contributed by atoms with E-state index < -0.39 is 0 Å². The normalized spacial score (nSPS) is 15.9. The van der Waals surface area contributed by atoms with E-state index in [9.17, 15) is 4.79 Å². The molecule has 0 radical (unpaired) electrons. The summed E-state index contributed by atoms with van der Waals surface area (Å²) in [6.45, 7) is 7.07. The first-order valence-corrected chi connectivity index (χ1v) is 11.0. The number of nitrogens with one attached hydrogen (secondary N) is 1. The molecule has 1 aliphatic heterocycles. The van der Waals surface area contributed by atoms with Crippen molar-refractivity contribution in [2.45, 2.75) is 36.6 Å². The molecule has 0 spiro atoms. The van der Waals surface area contributed by atoms with Crippen LogP contribution in [0.1, 0.15) is 24.5 Å². The topological polar surface area (TPSA) is 41.6 Å². The molecule has 1 atom stereocenters. The first-order valence-electron chi connectivity index (χ1n) is 9.72. The standard InChI is InChI=1S/C22H27ClN2O2S/c1-2-21(28-20-8-6-19(23)7-9-20)22(26)24-15-17-4-3-5-18(14-17)16-25-10-12-27-13-11-25/h3-9,14,21H,2,10-13,15-16H2,1H3,(H,24,26). The molecule has 2 aromatic rings. The molecular formula is C22H27ClN2O2S. The Labute approximate surface area is 176 Å². The van der Waals surface area contributed by atoms with Gasteiger partial charge in [0.2, 0.25) is 5.91 Å². The highest BCUT2D eigenvalue weighted by Crippen LogP contribution is 2.26. The highest BCUT2D eigenvalue weighted by atomic mass is 35.5. The average molecular weight is 419 g/mol. The molecule has 0 saturated carbocycles. The maximum atomic E-state index is 12.6. The fourth-order valence-electron chi connectivity index (χ4n) is 3.16. The molecule has 1 amide bonds. The summed E-state index contributed by atoms with van der Waals surface area (Å²) in [5.41, 5.74) is 2.40. The lowest BCUT2D eigenvalue weighted by Crippen LogP contribution is -2.35. The van der Waals surface area contributed by atoms with Crippen molar-refractivity contribution in [3.8, 4) is 0 Å². The number of benzene rings is 2. The van der Waals surface area contributed by atoms with Crippen LogP contribution in [-0.2, 0) is 22.6 Å². The molecule has 1 heterocycles. The summed E-state index contributed by atoms with van der Waals surface area (Å²) in [5, 5.41) is 3.69. The molecule has 6 heteroatoms. The van der Waals surface area contributed by atoms with Gasteiger partial charge in [-0.3, -0.25) is 9.69 Å². The highest BCUT2D eigenvalue weighted by molar-refractivity contribution is 8.00. The third-order valence-electron chi connectivity index (χ3n) is 4.72. The SMILES string of the molecule is CCC(Sc1ccc(Cl)cc1)C(=O)NCc1cccc(CN2CCOCC2)c1. The first-order chi connectivity index (χ1) is 13.6. The van der Waals surface area contributed by atoms with E-state index >= 15 is 0 Å². The number of carbonyl (C=O) groups excluding carboxylic acids is 1. The number of morpholine rings is 1. The second-order valence-electron chi connectivity index (χ2n) is 6.89. The first kappa shape index (κ1) is 21.2. The molecule has 1 N–H and O–H groups in total. The van der Waals surface area contributed by atoms with Crippen LogP contribution in [-0.4, -0.2) is 42.4 Å². The fraction of sp³-hybridized carbons (Fsp3) is 0.409. The van der Waals surface area contributed by atoms with Crippen LogP contribution in [0, 0.1) is 0 Å². The van der Waals surface area contributed by atoms with Crippen LogP contribution < -0.4 is 5.32 Å². The van der Waals surface area contributed by atoms with Crippen molar-refractivity contribution in [2.75, 3.05) is 26.3 Å². The lowest BCUT2D eigenvalue weighted by Gasteiger charge is -2.26. The van der Waals surface area contributed by atoms with Crippen molar-refractivity contribution in [3.05, 3.63) is 64.7 Å². The monoisotopic (exact) mass is 418 g/mol. The van der Waals surface area contributed by atoms with E-state index in [0.29, 0.717) is 11.6 Å². The van der Waals surface area contributed by atoms with Gasteiger partial charge in [-0.25, -0.2) is 0 Å². The molecule has 1 saturated heterocycles. The van der Waals surface area contributed by atoms with Crippen LogP contribution in [0.4, 0.5) is 0 Å². The van der Waals surface area contributed by atoms with Gasteiger partial charge in [0.1, 0.15) is 0 Å². The Hall–Kier alpha value is -1.53. The van der Waals surface area contributed by atoms with E-state index in [4.69, 9.17) is 16.3 Å². The molecule has 3 rings (SSSR count). The van der Waals surface area contributed by atoms with Gasteiger partial charge in [0, 0.05) is 36.1 Å². The number of hydrogen-bond donors (Lipinski definition) is 1. The summed E-state index contributed by atoms with van der Waals surface area (Å²) in [5.74, 6) is 0.0704. The average Bonchev–Trinajstić information content (AvgIpc) is 2.72. The van der Waals surface area contributed by atoms with Crippen molar-refractivity contribution < 1.29 is 9.53 Å². The minimum atomic E-state index is -0.113. The third kappa shape index (κ3) is 6.52. The van der Waals surface area contributed by atoms with Gasteiger partial charge in [-0.2, -0.15) is 0 Å². The van der Waals surface area contributed by atoms with E-state index in [1.54, 1.807) is 11.8 Å². The minimum absolute atomic E-state index is 0.0704. The predicted octanol–water partition coefficient (Wildman–Crippen LogP) is 4.36. The zero-order chi connectivity index (χ0) is 19.8. The summed E-state index contributed by atoms with van der Waals surface area (Å²) in [6.07, 6.45) is 0.774. The molecule has 150 valence electrons. The molecule has 0 aliphatic carbocycles. The quantitative estimate of drug-likeness (QED) is 0.647. The molecular weight excluding hydrogens is 392 g/mol. The molecule has 0 bridgehead atoms. The summed E-state index contributed by atoms with van der Waals surface area (Å²) in [6, 6.07) is 16.1. The van der Waals surface area contributed by atoms with Crippen molar-refractivity contribution >= 4 is 29.3 Å². The van der Waals surface area contributed by atoms with E-state index in [2.05, 4.69) is 34.5 Å². The van der Waals surface area contributed by atoms with E-state index in [0.717, 1.165) is 49.7 Å². The number of rotatable bonds is 8. The third-order valence-corrected chi connectivity index (χ3v) is 6.35. The predicted molar refractivity (Wildman–Crippen MR) is 116 cm³/mol. The molecule has 1 unspecified atom stereocenters. The van der Waals surface area contributed by atoms with Gasteiger partial charge in [-0.05, 0) is 41.8 Å². The van der Waals surface area contributed by atoms with E-state index in [-0.39, 0.29) is 11.2 Å². The van der Waals surface area contributed by atoms with Crippen LogP contribution in [0.15, 0.2) is 53.4 Å².